The number of nitrogens with one attached hydrogen (secondary N) is 1. The number of dihydropyridines is 1. The standard InChI is InChI=1S/C28H36N6O2S/c1-19-3-4-21(15-25(19)37-2)27(35)31-18-23-16-24-22(17-30-23)5-6-26(32-24)33-11-13-34(14-12-33)28(36)20-7-9-29-10-8-20/h3-4,7,9,16-17,21,27,31,35H,5-6,8,10-15,18H2,1-2H3. The van der Waals surface area contributed by atoms with E-state index in [4.69, 9.17) is 4.99 Å². The number of carbonyl (C=O) groups is 1. The average molecular weight is 521 g/mol. The molecule has 8 nitrogen and oxygen atoms in total. The summed E-state index contributed by atoms with van der Waals surface area (Å²) >= 11 is 1.76. The van der Waals surface area contributed by atoms with Crippen molar-refractivity contribution in [1.29, 1.82) is 0 Å². The molecule has 2 atom stereocenters. The maximum Gasteiger partial charge on any atom is 0.250 e. The number of aliphatic imine (C=N–C) groups is 2. The van der Waals surface area contributed by atoms with E-state index >= 15 is 0 Å². The zero-order valence-corrected chi connectivity index (χ0v) is 22.5. The van der Waals surface area contributed by atoms with E-state index < -0.39 is 6.23 Å². The number of rotatable bonds is 6. The summed E-state index contributed by atoms with van der Waals surface area (Å²) in [5, 5.41) is 14.0. The molecule has 1 aliphatic carbocycles. The number of hydrogen-bond acceptors (Lipinski definition) is 8. The molecule has 0 radical (unpaired) electrons. The Bertz CT molecular complexity index is 1180. The molecule has 9 heteroatoms. The summed E-state index contributed by atoms with van der Waals surface area (Å²) in [7, 11) is 0. The Labute approximate surface area is 223 Å². The fourth-order valence-corrected chi connectivity index (χ4v) is 5.99. The Morgan fingerprint density at radius 2 is 2.08 bits per heavy atom. The third-order valence-electron chi connectivity index (χ3n) is 7.58. The van der Waals surface area contributed by atoms with Crippen LogP contribution in [-0.4, -0.2) is 83.1 Å². The Morgan fingerprint density at radius 1 is 1.24 bits per heavy atom. The van der Waals surface area contributed by atoms with Gasteiger partial charge >= 0.3 is 0 Å². The molecule has 37 heavy (non-hydrogen) atoms. The summed E-state index contributed by atoms with van der Waals surface area (Å²) in [6.45, 7) is 6.33. The minimum Gasteiger partial charge on any atom is -0.378 e. The van der Waals surface area contributed by atoms with E-state index in [0.29, 0.717) is 26.2 Å². The average Bonchev–Trinajstić information content (AvgIpc) is 2.96. The van der Waals surface area contributed by atoms with Crippen molar-refractivity contribution in [3.63, 3.8) is 0 Å². The molecular formula is C28H36N6O2S. The number of carbonyl (C=O) groups excluding carboxylic acids is 1. The number of aromatic nitrogens is 1. The summed E-state index contributed by atoms with van der Waals surface area (Å²) in [6.07, 6.45) is 14.6. The van der Waals surface area contributed by atoms with Crippen molar-refractivity contribution in [2.75, 3.05) is 39.0 Å². The van der Waals surface area contributed by atoms with Crippen molar-refractivity contribution in [2.24, 2.45) is 15.9 Å². The Balaban J connectivity index is 1.17. The van der Waals surface area contributed by atoms with Crippen LogP contribution in [0.25, 0.3) is 0 Å². The summed E-state index contributed by atoms with van der Waals surface area (Å²) in [5.74, 6) is 1.29. The van der Waals surface area contributed by atoms with Crippen LogP contribution in [0.4, 0.5) is 5.69 Å². The number of nitrogens with zero attached hydrogens (tertiary/aromatic N) is 5. The highest BCUT2D eigenvalue weighted by molar-refractivity contribution is 8.02. The lowest BCUT2D eigenvalue weighted by Gasteiger charge is -2.37. The first kappa shape index (κ1) is 25.9. The van der Waals surface area contributed by atoms with Crippen molar-refractivity contribution < 1.29 is 9.90 Å². The number of pyridine rings is 1. The molecule has 0 aromatic carbocycles. The van der Waals surface area contributed by atoms with Crippen LogP contribution in [-0.2, 0) is 17.8 Å². The van der Waals surface area contributed by atoms with E-state index in [0.717, 1.165) is 67.1 Å². The smallest absolute Gasteiger partial charge is 0.250 e. The Morgan fingerprint density at radius 3 is 2.84 bits per heavy atom. The van der Waals surface area contributed by atoms with Crippen molar-refractivity contribution in [2.45, 2.75) is 45.4 Å². The number of hydrogen-bond donors (Lipinski definition) is 2. The van der Waals surface area contributed by atoms with Crippen molar-refractivity contribution in [3.8, 4) is 0 Å². The minimum atomic E-state index is -0.626. The molecule has 1 aromatic heterocycles. The summed E-state index contributed by atoms with van der Waals surface area (Å²) in [6, 6.07) is 2.04. The van der Waals surface area contributed by atoms with Gasteiger partial charge in [0.1, 0.15) is 12.1 Å². The highest BCUT2D eigenvalue weighted by Crippen LogP contribution is 2.32. The molecule has 0 bridgehead atoms. The van der Waals surface area contributed by atoms with Crippen LogP contribution in [0.1, 0.15) is 37.4 Å². The predicted octanol–water partition coefficient (Wildman–Crippen LogP) is 3.22. The first-order valence-corrected chi connectivity index (χ1v) is 14.4. The molecule has 196 valence electrons. The number of fused-ring (bicyclic) bond motifs is 1. The summed E-state index contributed by atoms with van der Waals surface area (Å²) < 4.78 is 0. The molecule has 4 aliphatic rings. The number of piperazine rings is 1. The lowest BCUT2D eigenvalue weighted by molar-refractivity contribution is -0.128. The van der Waals surface area contributed by atoms with Gasteiger partial charge in [-0.2, -0.15) is 0 Å². The topological polar surface area (TPSA) is 93.4 Å². The van der Waals surface area contributed by atoms with Crippen LogP contribution in [0.15, 0.2) is 56.5 Å². The maximum absolute atomic E-state index is 12.8. The summed E-state index contributed by atoms with van der Waals surface area (Å²) in [4.78, 5) is 32.2. The molecule has 2 N–H and O–H groups in total. The fourth-order valence-electron chi connectivity index (χ4n) is 5.24. The third-order valence-corrected chi connectivity index (χ3v) is 8.56. The van der Waals surface area contributed by atoms with Crippen LogP contribution in [0, 0.1) is 5.92 Å². The Hall–Kier alpha value is -2.75. The van der Waals surface area contributed by atoms with Gasteiger partial charge in [-0.05, 0) is 60.6 Å². The van der Waals surface area contributed by atoms with Gasteiger partial charge in [-0.15, -0.1) is 11.8 Å². The second-order valence-corrected chi connectivity index (χ2v) is 10.9. The van der Waals surface area contributed by atoms with Gasteiger partial charge in [-0.1, -0.05) is 12.2 Å². The van der Waals surface area contributed by atoms with Gasteiger partial charge in [0.15, 0.2) is 0 Å². The second-order valence-electron chi connectivity index (χ2n) is 9.97. The van der Waals surface area contributed by atoms with Crippen LogP contribution < -0.4 is 5.32 Å². The van der Waals surface area contributed by atoms with Crippen LogP contribution in [0.3, 0.4) is 0 Å². The molecule has 1 saturated heterocycles. The van der Waals surface area contributed by atoms with E-state index in [1.807, 2.05) is 23.2 Å². The van der Waals surface area contributed by atoms with Crippen molar-refractivity contribution in [1.82, 2.24) is 20.1 Å². The molecule has 2 unspecified atom stereocenters. The second kappa shape index (κ2) is 11.8. The highest BCUT2D eigenvalue weighted by Gasteiger charge is 2.27. The number of thioether (sulfide) groups is 1. The van der Waals surface area contributed by atoms with E-state index in [-0.39, 0.29) is 11.8 Å². The molecular weight excluding hydrogens is 484 g/mol. The van der Waals surface area contributed by atoms with Crippen molar-refractivity contribution >= 4 is 35.4 Å². The lowest BCUT2D eigenvalue weighted by Crippen LogP contribution is -2.51. The van der Waals surface area contributed by atoms with Crippen LogP contribution in [0.2, 0.25) is 0 Å². The first-order chi connectivity index (χ1) is 18.0. The molecule has 0 saturated carbocycles. The number of amides is 1. The quantitative estimate of drug-likeness (QED) is 0.560. The van der Waals surface area contributed by atoms with E-state index in [1.54, 1.807) is 18.0 Å². The maximum atomic E-state index is 12.8. The number of aliphatic hydroxyl groups is 1. The zero-order valence-electron chi connectivity index (χ0n) is 21.7. The third kappa shape index (κ3) is 6.05. The number of allylic oxidation sites excluding steroid dienone is 4. The molecule has 3 aliphatic heterocycles. The largest absolute Gasteiger partial charge is 0.378 e. The van der Waals surface area contributed by atoms with Crippen molar-refractivity contribution in [3.05, 3.63) is 57.8 Å². The SMILES string of the molecule is CSC1=C(C)C=CC(C(O)NCc2cc3c(cn2)CCC(N2CCN(C(=O)C4=CC=NCC4)CC2)=N3)C1. The van der Waals surface area contributed by atoms with E-state index in [1.165, 1.54) is 10.5 Å². The van der Waals surface area contributed by atoms with Gasteiger partial charge in [-0.3, -0.25) is 20.1 Å². The van der Waals surface area contributed by atoms with Crippen LogP contribution in [0.5, 0.6) is 0 Å². The summed E-state index contributed by atoms with van der Waals surface area (Å²) in [5.41, 5.74) is 5.15. The molecule has 1 aromatic rings. The molecule has 5 rings (SSSR count). The molecule has 0 spiro atoms. The highest BCUT2D eigenvalue weighted by atomic mass is 32.2. The van der Waals surface area contributed by atoms with Gasteiger partial charge in [0.05, 0.1) is 11.4 Å². The first-order valence-electron chi connectivity index (χ1n) is 13.1. The predicted molar refractivity (Wildman–Crippen MR) is 150 cm³/mol. The van der Waals surface area contributed by atoms with Gasteiger partial charge < -0.3 is 14.9 Å². The monoisotopic (exact) mass is 520 g/mol. The van der Waals surface area contributed by atoms with E-state index in [9.17, 15) is 9.90 Å². The fraction of sp³-hybridized carbons (Fsp3) is 0.500. The number of amidine groups is 1. The molecule has 1 amide bonds. The number of aliphatic hydroxyl groups excluding tert-OH is 1. The van der Waals surface area contributed by atoms with Gasteiger partial charge in [-0.25, -0.2) is 4.99 Å². The molecule has 4 heterocycles. The van der Waals surface area contributed by atoms with E-state index in [2.05, 4.69) is 45.5 Å². The normalized spacial score (nSPS) is 22.5. The Kier molecular flexibility index (Phi) is 8.22. The molecule has 1 fully saturated rings. The van der Waals surface area contributed by atoms with Gasteiger partial charge in [0.25, 0.3) is 0 Å². The number of aryl methyl sites for hydroxylation is 1. The minimum absolute atomic E-state index is 0.0569. The zero-order chi connectivity index (χ0) is 25.8. The van der Waals surface area contributed by atoms with Gasteiger partial charge in [0.2, 0.25) is 5.91 Å². The van der Waals surface area contributed by atoms with Crippen LogP contribution >= 0.6 is 11.8 Å². The van der Waals surface area contributed by atoms with Gasteiger partial charge in [0, 0.05) is 69.6 Å². The lowest BCUT2D eigenvalue weighted by atomic mass is 9.95.